The summed E-state index contributed by atoms with van der Waals surface area (Å²) in [5.74, 6) is 0.877. The molecule has 7 aliphatic heterocycles. The Labute approximate surface area is 684 Å². The SMILES string of the molecule is Cc1ccc2c(c1)Oc1cc(C(F)(F)F)ccc1N2[C@H]1CN(C(=O)OC(C)(C)C)C[C@@H](N=[N+]=[N-])[C@@H]1O.Cc1ccc2c(c1)Oc1cc(C(F)(F)F)ccc1N2[C@H]1CN(C(=O)OC(C)(C)C)C[C@@H]2OS(=O)O[C@@H]21.Cc1ccc2c(c1)Oc1cc(C(F)(F)F)ccc1N2[C@H]1CN(C(=O)OC(C)(C)C)C[C@H](O)[C@@H]1O.O=S(Cl)Cl.[N-]=[N+]=[N-].[Na+]. The van der Waals surface area contributed by atoms with Crippen molar-refractivity contribution >= 4 is 94.4 Å². The number of β-amino-alcohol motifs (C(OH)–C–C–N with tert-alkyl or cyclic N) is 1. The van der Waals surface area contributed by atoms with Crippen LogP contribution >= 0.6 is 21.4 Å². The van der Waals surface area contributed by atoms with Crippen molar-refractivity contribution in [1.29, 1.82) is 0 Å². The van der Waals surface area contributed by atoms with Crippen molar-refractivity contribution in [2.45, 2.75) is 173 Å². The number of amides is 3. The van der Waals surface area contributed by atoms with E-state index in [4.69, 9.17) is 57.6 Å². The zero-order chi connectivity index (χ0) is 83.7. The molecule has 4 fully saturated rings. The van der Waals surface area contributed by atoms with Crippen molar-refractivity contribution in [1.82, 2.24) is 14.7 Å². The normalized spacial score (nSPS) is 22.0. The minimum absolute atomic E-state index is 0. The number of aryl methyl sites for hydroxylation is 3. The third-order valence-electron chi connectivity index (χ3n) is 17.7. The van der Waals surface area contributed by atoms with E-state index in [1.165, 1.54) is 37.8 Å². The van der Waals surface area contributed by atoms with Crippen molar-refractivity contribution in [3.8, 4) is 34.5 Å². The smallest absolute Gasteiger partial charge is 0.453 e. The first-order chi connectivity index (χ1) is 52.5. The van der Waals surface area contributed by atoms with Gasteiger partial charge in [0.2, 0.25) is 9.23 Å². The number of carbonyl (C=O) groups is 3. The molecule has 0 radical (unpaired) electrons. The second-order valence-electron chi connectivity index (χ2n) is 29.7. The largest absolute Gasteiger partial charge is 1.00 e. The maximum atomic E-state index is 13.5. The van der Waals surface area contributed by atoms with Gasteiger partial charge in [-0.3, -0.25) is 13.3 Å². The van der Waals surface area contributed by atoms with E-state index >= 15 is 0 Å². The molecule has 1 unspecified atom stereocenters. The maximum Gasteiger partial charge on any atom is 1.00 e. The predicted molar refractivity (Wildman–Crippen MR) is 398 cm³/mol. The Kier molecular flexibility index (Phi) is 28.8. The number of hydrogen-bond acceptors (Lipinski definition) is 20. The van der Waals surface area contributed by atoms with Crippen molar-refractivity contribution in [2.75, 3.05) is 54.0 Å². The van der Waals surface area contributed by atoms with Gasteiger partial charge in [0.15, 0.2) is 34.5 Å². The van der Waals surface area contributed by atoms with Gasteiger partial charge in [-0.05, 0) is 196 Å². The second-order valence-corrected chi connectivity index (χ2v) is 33.0. The molecule has 4 saturated heterocycles. The van der Waals surface area contributed by atoms with Crippen molar-refractivity contribution < 1.29 is 144 Å². The molecule has 114 heavy (non-hydrogen) atoms. The molecule has 6 aromatic rings. The van der Waals surface area contributed by atoms with Gasteiger partial charge in [0.1, 0.15) is 35.1 Å². The van der Waals surface area contributed by atoms with Crippen LogP contribution in [0.2, 0.25) is 0 Å². The van der Waals surface area contributed by atoms with Gasteiger partial charge in [-0.25, -0.2) is 18.6 Å². The minimum atomic E-state index is -4.58. The van der Waals surface area contributed by atoms with Gasteiger partial charge in [-0.1, -0.05) is 23.3 Å². The summed E-state index contributed by atoms with van der Waals surface area (Å²) in [7, 11) is 7.36. The number of aliphatic hydroxyl groups excluding tert-OH is 3. The van der Waals surface area contributed by atoms with Crippen LogP contribution in [0.1, 0.15) is 95.7 Å². The molecule has 0 aromatic heterocycles. The van der Waals surface area contributed by atoms with Crippen LogP contribution in [0, 0.1) is 20.8 Å². The second kappa shape index (κ2) is 36.0. The monoisotopic (exact) mass is 1690 g/mol. The molecule has 10 atom stereocenters. The molecule has 6 aromatic carbocycles. The number of carbonyl (C=O) groups excluding carboxylic acids is 3. The Bertz CT molecular complexity index is 4680. The van der Waals surface area contributed by atoms with E-state index in [1.54, 1.807) is 119 Å². The number of piperidine rings is 3. The molecule has 13 rings (SSSR count). The fourth-order valence-corrected chi connectivity index (χ4v) is 14.0. The summed E-state index contributed by atoms with van der Waals surface area (Å²) in [4.78, 5) is 52.0. The number of rotatable bonds is 4. The molecule has 28 nitrogen and oxygen atoms in total. The number of ether oxygens (including phenoxy) is 6. The van der Waals surface area contributed by atoms with Crippen LogP contribution in [0.3, 0.4) is 0 Å². The number of fused-ring (bicyclic) bond motifs is 7. The summed E-state index contributed by atoms with van der Waals surface area (Å²) in [6, 6.07) is 21.8. The van der Waals surface area contributed by atoms with Crippen LogP contribution in [0.4, 0.5) is 88.0 Å². The van der Waals surface area contributed by atoms with Gasteiger partial charge >= 0.3 is 77.7 Å². The van der Waals surface area contributed by atoms with E-state index in [0.717, 1.165) is 53.1 Å². The number of aliphatic hydroxyl groups is 3. The standard InChI is InChI=1S/C24H26F3N5O4.C24H25F3N2O6S.C24H27F3N2O5.Cl2OS.N3.Na/c1-13-5-7-16-19(9-13)35-20-10-14(24(25,26)27)6-8-17(20)32(16)18-12-31(22(34)36-23(2,3)4)11-15(21(18)33)29-30-28;1-13-5-7-15-18(9-13)32-19-10-14(24(25,26)27)6-8-16(19)29(15)17-11-28(22(30)33-23(2,3)4)12-20-21(17)35-36(31)34-20;1-13-5-7-15-19(9-13)33-20-10-14(24(25,26)27)6-8-16(20)29(15)17-11-28(12-18(30)21(17)31)22(32)34-23(2,3)4;1-4(2)3;1-3-2;/h5-10,15,18,21,33H,11-12H2,1-4H3;5-10,17,20-21H,11-12H2,1-4H3;5-10,17-18,21,30-31H,11-12H2,1-4H3;;;/q;;;;-1;+1/t15-,18+,21+;17-,20-,21+,36?;17-,18-,21+;;;/m100.../s1. The Morgan fingerprint density at radius 3 is 1.10 bits per heavy atom. The average molecular weight is 1700 g/mol. The van der Waals surface area contributed by atoms with Crippen LogP contribution < -0.4 is 58.5 Å². The van der Waals surface area contributed by atoms with Crippen molar-refractivity contribution in [3.63, 3.8) is 0 Å². The number of nitrogens with zero attached hydrogens (tertiary/aromatic N) is 12. The molecule has 612 valence electrons. The number of halogens is 11. The average Bonchev–Trinajstić information content (AvgIpc) is 1.06. The molecule has 42 heteroatoms. The van der Waals surface area contributed by atoms with Crippen LogP contribution in [0.5, 0.6) is 34.5 Å². The van der Waals surface area contributed by atoms with Gasteiger partial charge in [-0.2, -0.15) is 43.7 Å². The van der Waals surface area contributed by atoms with Crippen LogP contribution in [-0.2, 0) is 61.7 Å². The van der Waals surface area contributed by atoms with Gasteiger partial charge in [0.25, 0.3) is 0 Å². The van der Waals surface area contributed by atoms with E-state index in [1.807, 2.05) is 32.9 Å². The van der Waals surface area contributed by atoms with Gasteiger partial charge in [0.05, 0.1) is 100 Å². The van der Waals surface area contributed by atoms with Crippen molar-refractivity contribution in [2.24, 2.45) is 5.11 Å². The Morgan fingerprint density at radius 1 is 0.482 bits per heavy atom. The van der Waals surface area contributed by atoms with Crippen LogP contribution in [0.15, 0.2) is 114 Å². The minimum Gasteiger partial charge on any atom is -0.453 e. The third kappa shape index (κ3) is 22.2. The Hall–Kier alpha value is -8.40. The quantitative estimate of drug-likeness (QED) is 0.0281. The fraction of sp³-hybridized carbons (Fsp3) is 0.458. The van der Waals surface area contributed by atoms with Crippen molar-refractivity contribution in [3.05, 3.63) is 169 Å². The molecule has 0 spiro atoms. The number of likely N-dealkylation sites (tertiary alicyclic amines) is 3. The zero-order valence-electron chi connectivity index (χ0n) is 63.3. The summed E-state index contributed by atoms with van der Waals surface area (Å²) in [6.45, 7) is 20.9. The summed E-state index contributed by atoms with van der Waals surface area (Å²) < 4.78 is 187. The van der Waals surface area contributed by atoms with Gasteiger partial charge < -0.3 is 84.2 Å². The van der Waals surface area contributed by atoms with E-state index in [-0.39, 0.29) is 97.4 Å². The molecule has 7 heterocycles. The zero-order valence-corrected chi connectivity index (χ0v) is 68.5. The topological polar surface area (TPSA) is 347 Å². The van der Waals surface area contributed by atoms with Crippen LogP contribution in [-0.4, -0.2) is 167 Å². The molecular formula is C72H78Cl2F9N12NaO16S2. The summed E-state index contributed by atoms with van der Waals surface area (Å²) >= 11 is -2.04. The van der Waals surface area contributed by atoms with E-state index in [0.29, 0.717) is 40.0 Å². The fourth-order valence-electron chi connectivity index (χ4n) is 13.1. The maximum absolute atomic E-state index is 13.5. The van der Waals surface area contributed by atoms with Crippen LogP contribution in [0.25, 0.3) is 26.4 Å². The molecular weight excluding hydrogens is 1620 g/mol. The Balaban J connectivity index is 0.000000204. The summed E-state index contributed by atoms with van der Waals surface area (Å²) in [5, 5.41) is 36.4. The van der Waals surface area contributed by atoms with E-state index in [9.17, 15) is 73.4 Å². The number of hydrogen-bond donors (Lipinski definition) is 3. The first kappa shape index (κ1) is 91.1. The number of anilines is 6. The van der Waals surface area contributed by atoms with Gasteiger partial charge in [0, 0.05) is 52.5 Å². The molecule has 7 aliphatic rings. The molecule has 3 N–H and O–H groups in total. The molecule has 3 amide bonds. The summed E-state index contributed by atoms with van der Waals surface area (Å²) in [6.07, 6.45) is -20.9. The first-order valence-corrected chi connectivity index (χ1v) is 38.2. The van der Waals surface area contributed by atoms with E-state index in [2.05, 4.69) is 31.4 Å². The first-order valence-electron chi connectivity index (χ1n) is 34.4. The molecule has 0 bridgehead atoms. The predicted octanol–water partition coefficient (Wildman–Crippen LogP) is 14.7. The third-order valence-corrected chi connectivity index (χ3v) is 18.5. The molecule has 0 saturated carbocycles. The number of azide groups is 1. The van der Waals surface area contributed by atoms with Gasteiger partial charge in [-0.15, -0.1) is 0 Å². The summed E-state index contributed by atoms with van der Waals surface area (Å²) in [5.41, 5.74) is 22.6. The molecule has 0 aliphatic carbocycles. The van der Waals surface area contributed by atoms with E-state index < -0.39 is 146 Å². The number of alkyl halides is 9. The number of benzene rings is 6. The Morgan fingerprint density at radius 2 is 0.772 bits per heavy atom.